The van der Waals surface area contributed by atoms with Crippen molar-refractivity contribution in [2.24, 2.45) is 0 Å². The monoisotopic (exact) mass is 371 g/mol. The second-order valence-corrected chi connectivity index (χ2v) is 5.64. The van der Waals surface area contributed by atoms with Gasteiger partial charge in [0, 0.05) is 12.3 Å². The van der Waals surface area contributed by atoms with Crippen LogP contribution in [0.1, 0.15) is 36.7 Å². The van der Waals surface area contributed by atoms with Crippen molar-refractivity contribution < 1.29 is 9.53 Å². The van der Waals surface area contributed by atoms with Crippen molar-refractivity contribution in [3.8, 4) is 5.82 Å². The first-order chi connectivity index (χ1) is 10.1. The van der Waals surface area contributed by atoms with Crippen molar-refractivity contribution in [1.29, 1.82) is 0 Å². The third-order valence-electron chi connectivity index (χ3n) is 2.81. The third-order valence-corrected chi connectivity index (χ3v) is 3.49. The zero-order chi connectivity index (χ0) is 15.2. The minimum atomic E-state index is -0.439. The number of pyridine rings is 1. The summed E-state index contributed by atoms with van der Waals surface area (Å²) in [6, 6.07) is 5.00. The molecule has 0 atom stereocenters. The molecule has 0 unspecified atom stereocenters. The lowest BCUT2D eigenvalue weighted by molar-refractivity contribution is 0.0487. The Hall–Kier alpha value is -1.40. The van der Waals surface area contributed by atoms with E-state index in [1.54, 1.807) is 24.4 Å². The molecule has 0 aliphatic rings. The van der Waals surface area contributed by atoms with E-state index >= 15 is 0 Å². The number of ether oxygens (including phenoxy) is 1. The first kappa shape index (κ1) is 16.0. The van der Waals surface area contributed by atoms with Crippen LogP contribution in [0, 0.1) is 0 Å². The molecule has 0 aliphatic carbocycles. The summed E-state index contributed by atoms with van der Waals surface area (Å²) < 4.78 is 7.16. The Balaban J connectivity index is 2.21. The van der Waals surface area contributed by atoms with Crippen LogP contribution in [-0.2, 0) is 4.74 Å². The highest BCUT2D eigenvalue weighted by Crippen LogP contribution is 2.21. The van der Waals surface area contributed by atoms with E-state index < -0.39 is 5.97 Å². The fourth-order valence-electron chi connectivity index (χ4n) is 1.78. The first-order valence-corrected chi connectivity index (χ1v) is 7.84. The van der Waals surface area contributed by atoms with Crippen molar-refractivity contribution in [3.05, 3.63) is 39.7 Å². The molecular weight excluding hydrogens is 358 g/mol. The molecule has 0 bridgehead atoms. The molecule has 112 valence electrons. The second kappa shape index (κ2) is 7.56. The lowest BCUT2D eigenvalue weighted by atomic mass is 10.3. The predicted octanol–water partition coefficient (Wildman–Crippen LogP) is 4.03. The van der Waals surface area contributed by atoms with E-state index in [2.05, 4.69) is 32.9 Å². The van der Waals surface area contributed by atoms with Crippen LogP contribution in [0.15, 0.2) is 29.0 Å². The first-order valence-electron chi connectivity index (χ1n) is 6.67. The van der Waals surface area contributed by atoms with E-state index in [-0.39, 0.29) is 0 Å². The molecule has 0 radical (unpaired) electrons. The van der Waals surface area contributed by atoms with E-state index in [9.17, 15) is 4.79 Å². The molecule has 2 aromatic rings. The maximum atomic E-state index is 12.2. The number of nitrogens with zero attached hydrogens (tertiary/aromatic N) is 3. The van der Waals surface area contributed by atoms with Gasteiger partial charge >= 0.3 is 5.97 Å². The second-order valence-electron chi connectivity index (χ2n) is 4.42. The summed E-state index contributed by atoms with van der Waals surface area (Å²) in [4.78, 5) is 16.3. The van der Waals surface area contributed by atoms with E-state index in [1.165, 1.54) is 4.68 Å². The van der Waals surface area contributed by atoms with Gasteiger partial charge in [0.15, 0.2) is 11.5 Å². The van der Waals surface area contributed by atoms with Gasteiger partial charge in [0.1, 0.15) is 4.60 Å². The number of halogens is 2. The van der Waals surface area contributed by atoms with Crippen molar-refractivity contribution in [3.63, 3.8) is 0 Å². The number of rotatable bonds is 6. The number of carbonyl (C=O) groups excluding carboxylic acids is 1. The van der Waals surface area contributed by atoms with Crippen LogP contribution in [0.4, 0.5) is 0 Å². The highest BCUT2D eigenvalue weighted by molar-refractivity contribution is 9.10. The Kier molecular flexibility index (Phi) is 5.76. The van der Waals surface area contributed by atoms with Crippen LogP contribution < -0.4 is 0 Å². The Morgan fingerprint density at radius 1 is 1.48 bits per heavy atom. The quantitative estimate of drug-likeness (QED) is 0.567. The fraction of sp³-hybridized carbons (Fsp3) is 0.357. The molecule has 0 N–H and O–H groups in total. The average Bonchev–Trinajstić information content (AvgIpc) is 2.86. The summed E-state index contributed by atoms with van der Waals surface area (Å²) in [6.07, 6.45) is 4.54. The third kappa shape index (κ3) is 4.04. The molecule has 5 nitrogen and oxygen atoms in total. The van der Waals surface area contributed by atoms with Crippen LogP contribution in [0.25, 0.3) is 5.82 Å². The molecule has 0 aliphatic heterocycles. The maximum absolute atomic E-state index is 12.2. The summed E-state index contributed by atoms with van der Waals surface area (Å²) in [5, 5.41) is 4.60. The average molecular weight is 373 g/mol. The Morgan fingerprint density at radius 2 is 2.29 bits per heavy atom. The van der Waals surface area contributed by atoms with Gasteiger partial charge < -0.3 is 4.74 Å². The van der Waals surface area contributed by atoms with Crippen molar-refractivity contribution in [2.45, 2.75) is 26.2 Å². The Labute approximate surface area is 136 Å². The van der Waals surface area contributed by atoms with Crippen LogP contribution >= 0.6 is 27.5 Å². The van der Waals surface area contributed by atoms with Gasteiger partial charge in [-0.3, -0.25) is 0 Å². The van der Waals surface area contributed by atoms with E-state index in [1.807, 2.05) is 0 Å². The van der Waals surface area contributed by atoms with Gasteiger partial charge in [-0.1, -0.05) is 31.4 Å². The highest BCUT2D eigenvalue weighted by atomic mass is 79.9. The summed E-state index contributed by atoms with van der Waals surface area (Å²) in [5.41, 5.74) is 0.291. The van der Waals surface area contributed by atoms with Crippen LogP contribution in [0.5, 0.6) is 0 Å². The fourth-order valence-corrected chi connectivity index (χ4v) is 2.36. The van der Waals surface area contributed by atoms with Crippen molar-refractivity contribution in [1.82, 2.24) is 14.8 Å². The van der Waals surface area contributed by atoms with Gasteiger partial charge in [0.2, 0.25) is 0 Å². The molecule has 2 aromatic heterocycles. The van der Waals surface area contributed by atoms with Crippen LogP contribution in [0.2, 0.25) is 5.02 Å². The molecule has 21 heavy (non-hydrogen) atoms. The van der Waals surface area contributed by atoms with E-state index in [4.69, 9.17) is 16.3 Å². The number of aromatic nitrogens is 3. The Bertz CT molecular complexity index is 630. The van der Waals surface area contributed by atoms with Gasteiger partial charge in [0.25, 0.3) is 0 Å². The van der Waals surface area contributed by atoms with Gasteiger partial charge in [-0.05, 0) is 34.5 Å². The van der Waals surface area contributed by atoms with Crippen molar-refractivity contribution in [2.75, 3.05) is 6.61 Å². The predicted molar refractivity (Wildman–Crippen MR) is 83.9 cm³/mol. The number of hydrogen-bond acceptors (Lipinski definition) is 4. The molecule has 0 spiro atoms. The molecule has 0 amide bonds. The lowest BCUT2D eigenvalue weighted by Gasteiger charge is -2.08. The minimum absolute atomic E-state index is 0.291. The normalized spacial score (nSPS) is 10.6. The van der Waals surface area contributed by atoms with Gasteiger partial charge in [-0.2, -0.15) is 5.10 Å². The molecule has 7 heteroatoms. The maximum Gasteiger partial charge on any atom is 0.357 e. The standard InChI is InChI=1S/C14H15BrClN3O2/c1-2-3-4-8-21-14(20)11-9-12(15)18-19(11)13-10(16)6-5-7-17-13/h5-7,9H,2-4,8H2,1H3. The minimum Gasteiger partial charge on any atom is -0.461 e. The van der Waals surface area contributed by atoms with E-state index in [0.717, 1.165) is 19.3 Å². The topological polar surface area (TPSA) is 57.0 Å². The molecule has 2 heterocycles. The molecular formula is C14H15BrClN3O2. The number of esters is 1. The Morgan fingerprint density at radius 3 is 3.00 bits per heavy atom. The lowest BCUT2D eigenvalue weighted by Crippen LogP contribution is -2.14. The highest BCUT2D eigenvalue weighted by Gasteiger charge is 2.19. The summed E-state index contributed by atoms with van der Waals surface area (Å²) >= 11 is 9.36. The van der Waals surface area contributed by atoms with Crippen LogP contribution in [0.3, 0.4) is 0 Å². The summed E-state index contributed by atoms with van der Waals surface area (Å²) in [5.74, 6) is -0.0450. The van der Waals surface area contributed by atoms with Crippen LogP contribution in [-0.4, -0.2) is 27.3 Å². The van der Waals surface area contributed by atoms with Crippen molar-refractivity contribution >= 4 is 33.5 Å². The van der Waals surface area contributed by atoms with Gasteiger partial charge in [-0.25, -0.2) is 14.5 Å². The molecule has 0 saturated carbocycles. The zero-order valence-corrected chi connectivity index (χ0v) is 13.9. The number of hydrogen-bond donors (Lipinski definition) is 0. The molecule has 0 saturated heterocycles. The SMILES string of the molecule is CCCCCOC(=O)c1cc(Br)nn1-c1ncccc1Cl. The largest absolute Gasteiger partial charge is 0.461 e. The smallest absolute Gasteiger partial charge is 0.357 e. The number of unbranched alkanes of at least 4 members (excludes halogenated alkanes) is 2. The number of carbonyl (C=O) groups is 1. The van der Waals surface area contributed by atoms with E-state index in [0.29, 0.717) is 27.7 Å². The summed E-state index contributed by atoms with van der Waals surface area (Å²) in [7, 11) is 0. The molecule has 0 fully saturated rings. The van der Waals surface area contributed by atoms with Gasteiger partial charge in [0.05, 0.1) is 11.6 Å². The zero-order valence-electron chi connectivity index (χ0n) is 11.6. The van der Waals surface area contributed by atoms with Gasteiger partial charge in [-0.15, -0.1) is 0 Å². The molecule has 0 aromatic carbocycles. The summed E-state index contributed by atoms with van der Waals surface area (Å²) in [6.45, 7) is 2.49. The molecule has 2 rings (SSSR count).